The van der Waals surface area contributed by atoms with Crippen molar-refractivity contribution >= 4 is 11.5 Å². The third kappa shape index (κ3) is 2.88. The molecule has 1 N–H and O–H groups in total. The number of nitrogens with one attached hydrogen (secondary N) is 1. The van der Waals surface area contributed by atoms with Crippen LogP contribution in [0.3, 0.4) is 0 Å². The Hall–Kier alpha value is -1.29. The molecule has 0 radical (unpaired) electrons. The van der Waals surface area contributed by atoms with Crippen LogP contribution in [0.25, 0.3) is 0 Å². The lowest BCUT2D eigenvalue weighted by Crippen LogP contribution is -2.22. The van der Waals surface area contributed by atoms with E-state index in [1.807, 2.05) is 32.4 Å². The summed E-state index contributed by atoms with van der Waals surface area (Å²) in [6, 6.07) is 3.99. The van der Waals surface area contributed by atoms with Crippen molar-refractivity contribution in [3.63, 3.8) is 0 Å². The summed E-state index contributed by atoms with van der Waals surface area (Å²) in [7, 11) is 5.59. The lowest BCUT2D eigenvalue weighted by atomic mass is 10.3. The van der Waals surface area contributed by atoms with Gasteiger partial charge < -0.3 is 15.0 Å². The summed E-state index contributed by atoms with van der Waals surface area (Å²) in [5.74, 6) is 0.883. The van der Waals surface area contributed by atoms with Crippen molar-refractivity contribution in [2.75, 3.05) is 44.6 Å². The Labute approximate surface area is 84.9 Å². The van der Waals surface area contributed by atoms with E-state index < -0.39 is 0 Å². The Balaban J connectivity index is 2.57. The second-order valence-corrected chi connectivity index (χ2v) is 3.07. The van der Waals surface area contributed by atoms with E-state index in [4.69, 9.17) is 4.74 Å². The molecule has 1 heterocycles. The zero-order valence-electron chi connectivity index (χ0n) is 8.95. The molecule has 0 unspecified atom stereocenters. The summed E-state index contributed by atoms with van der Waals surface area (Å²) in [5.41, 5.74) is 1.10. The molecule has 0 aliphatic heterocycles. The van der Waals surface area contributed by atoms with Crippen LogP contribution in [-0.2, 0) is 4.74 Å². The first-order valence-electron chi connectivity index (χ1n) is 4.62. The van der Waals surface area contributed by atoms with Gasteiger partial charge in [0, 0.05) is 27.7 Å². The van der Waals surface area contributed by atoms with Crippen molar-refractivity contribution in [2.45, 2.75) is 0 Å². The van der Waals surface area contributed by atoms with Gasteiger partial charge in [-0.25, -0.2) is 4.98 Å². The lowest BCUT2D eigenvalue weighted by molar-refractivity contribution is 0.206. The van der Waals surface area contributed by atoms with E-state index in [1.165, 1.54) is 0 Å². The van der Waals surface area contributed by atoms with Gasteiger partial charge in [-0.15, -0.1) is 0 Å². The minimum atomic E-state index is 0.726. The molecule has 0 fully saturated rings. The Kier molecular flexibility index (Phi) is 4.19. The Morgan fingerprint density at radius 1 is 1.50 bits per heavy atom. The molecule has 78 valence electrons. The predicted octanol–water partition coefficient (Wildman–Crippen LogP) is 1.21. The standard InChI is InChI=1S/C10H17N3O/c1-11-10-5-4-9(8-12-10)13(2)6-7-14-3/h4-5,8H,6-7H2,1-3H3,(H,11,12). The summed E-state index contributed by atoms with van der Waals surface area (Å²) in [4.78, 5) is 6.34. The highest BCUT2D eigenvalue weighted by Gasteiger charge is 2.00. The van der Waals surface area contributed by atoms with Crippen molar-refractivity contribution < 1.29 is 4.74 Å². The molecule has 0 amide bonds. The maximum atomic E-state index is 5.00. The molecule has 0 aromatic carbocycles. The summed E-state index contributed by atoms with van der Waals surface area (Å²) in [6.07, 6.45) is 1.85. The van der Waals surface area contributed by atoms with Crippen molar-refractivity contribution in [2.24, 2.45) is 0 Å². The number of hydrogen-bond donors (Lipinski definition) is 1. The summed E-state index contributed by atoms with van der Waals surface area (Å²) < 4.78 is 5.00. The van der Waals surface area contributed by atoms with Crippen LogP contribution >= 0.6 is 0 Å². The first kappa shape index (κ1) is 10.8. The van der Waals surface area contributed by atoms with Gasteiger partial charge in [0.15, 0.2) is 0 Å². The van der Waals surface area contributed by atoms with Crippen LogP contribution in [0, 0.1) is 0 Å². The number of methoxy groups -OCH3 is 1. The predicted molar refractivity (Wildman–Crippen MR) is 58.9 cm³/mol. The number of ether oxygens (including phenoxy) is 1. The van der Waals surface area contributed by atoms with Gasteiger partial charge in [0.05, 0.1) is 18.5 Å². The molecule has 0 spiro atoms. The molecular weight excluding hydrogens is 178 g/mol. The van der Waals surface area contributed by atoms with Crippen LogP contribution in [0.5, 0.6) is 0 Å². The molecule has 4 heteroatoms. The molecule has 14 heavy (non-hydrogen) atoms. The molecule has 0 atom stereocenters. The lowest BCUT2D eigenvalue weighted by Gasteiger charge is -2.18. The molecule has 1 aromatic rings. The van der Waals surface area contributed by atoms with Gasteiger partial charge in [-0.3, -0.25) is 0 Å². The normalized spacial score (nSPS) is 9.93. The van der Waals surface area contributed by atoms with Crippen LogP contribution in [0.2, 0.25) is 0 Å². The highest BCUT2D eigenvalue weighted by molar-refractivity contribution is 5.48. The quantitative estimate of drug-likeness (QED) is 0.766. The summed E-state index contributed by atoms with van der Waals surface area (Å²) in [6.45, 7) is 1.60. The van der Waals surface area contributed by atoms with Gasteiger partial charge in [-0.2, -0.15) is 0 Å². The number of pyridine rings is 1. The van der Waals surface area contributed by atoms with Gasteiger partial charge in [0.25, 0.3) is 0 Å². The van der Waals surface area contributed by atoms with Crippen LogP contribution < -0.4 is 10.2 Å². The van der Waals surface area contributed by atoms with Crippen molar-refractivity contribution in [1.29, 1.82) is 0 Å². The zero-order chi connectivity index (χ0) is 10.4. The van der Waals surface area contributed by atoms with Gasteiger partial charge in [-0.05, 0) is 12.1 Å². The fourth-order valence-electron chi connectivity index (χ4n) is 1.12. The van der Waals surface area contributed by atoms with E-state index in [2.05, 4.69) is 15.2 Å². The topological polar surface area (TPSA) is 37.4 Å². The average molecular weight is 195 g/mol. The van der Waals surface area contributed by atoms with Crippen molar-refractivity contribution in [3.8, 4) is 0 Å². The first-order chi connectivity index (χ1) is 6.77. The van der Waals surface area contributed by atoms with E-state index in [9.17, 15) is 0 Å². The second kappa shape index (κ2) is 5.44. The molecule has 0 saturated heterocycles. The van der Waals surface area contributed by atoms with Gasteiger partial charge in [0.2, 0.25) is 0 Å². The average Bonchev–Trinajstić information content (AvgIpc) is 2.26. The van der Waals surface area contributed by atoms with Crippen LogP contribution in [0.15, 0.2) is 18.3 Å². The van der Waals surface area contributed by atoms with Crippen LogP contribution in [-0.4, -0.2) is 39.3 Å². The molecule has 0 aliphatic rings. The van der Waals surface area contributed by atoms with Gasteiger partial charge in [0.1, 0.15) is 5.82 Å². The minimum Gasteiger partial charge on any atom is -0.383 e. The largest absolute Gasteiger partial charge is 0.383 e. The van der Waals surface area contributed by atoms with E-state index in [-0.39, 0.29) is 0 Å². The monoisotopic (exact) mass is 195 g/mol. The smallest absolute Gasteiger partial charge is 0.125 e. The fraction of sp³-hybridized carbons (Fsp3) is 0.500. The van der Waals surface area contributed by atoms with Crippen molar-refractivity contribution in [3.05, 3.63) is 18.3 Å². The Morgan fingerprint density at radius 3 is 2.79 bits per heavy atom. The van der Waals surface area contributed by atoms with E-state index in [1.54, 1.807) is 7.11 Å². The maximum Gasteiger partial charge on any atom is 0.125 e. The number of hydrogen-bond acceptors (Lipinski definition) is 4. The minimum absolute atomic E-state index is 0.726. The first-order valence-corrected chi connectivity index (χ1v) is 4.62. The number of aromatic nitrogens is 1. The van der Waals surface area contributed by atoms with E-state index in [0.29, 0.717) is 0 Å². The molecule has 0 aliphatic carbocycles. The molecule has 1 rings (SSSR count). The fourth-order valence-corrected chi connectivity index (χ4v) is 1.12. The number of rotatable bonds is 5. The van der Waals surface area contributed by atoms with E-state index >= 15 is 0 Å². The molecule has 1 aromatic heterocycles. The Morgan fingerprint density at radius 2 is 2.29 bits per heavy atom. The molecule has 0 bridgehead atoms. The SMILES string of the molecule is CNc1ccc(N(C)CCOC)cn1. The summed E-state index contributed by atoms with van der Waals surface area (Å²) in [5, 5.41) is 2.98. The third-order valence-corrected chi connectivity index (χ3v) is 2.08. The molecule has 0 saturated carbocycles. The Bertz CT molecular complexity index is 261. The van der Waals surface area contributed by atoms with Crippen LogP contribution in [0.1, 0.15) is 0 Å². The zero-order valence-corrected chi connectivity index (χ0v) is 8.95. The highest BCUT2D eigenvalue weighted by Crippen LogP contribution is 2.12. The van der Waals surface area contributed by atoms with Crippen LogP contribution in [0.4, 0.5) is 11.5 Å². The van der Waals surface area contributed by atoms with E-state index in [0.717, 1.165) is 24.7 Å². The second-order valence-electron chi connectivity index (χ2n) is 3.07. The number of nitrogens with zero attached hydrogens (tertiary/aromatic N) is 2. The highest BCUT2D eigenvalue weighted by atomic mass is 16.5. The summed E-state index contributed by atoms with van der Waals surface area (Å²) >= 11 is 0. The molecule has 4 nitrogen and oxygen atoms in total. The van der Waals surface area contributed by atoms with Crippen molar-refractivity contribution in [1.82, 2.24) is 4.98 Å². The third-order valence-electron chi connectivity index (χ3n) is 2.08. The number of likely N-dealkylation sites (N-methyl/N-ethyl adjacent to an activating group) is 1. The van der Waals surface area contributed by atoms with Gasteiger partial charge in [-0.1, -0.05) is 0 Å². The number of anilines is 2. The molecular formula is C10H17N3O. The van der Waals surface area contributed by atoms with Gasteiger partial charge >= 0.3 is 0 Å². The maximum absolute atomic E-state index is 5.00.